The summed E-state index contributed by atoms with van der Waals surface area (Å²) < 4.78 is 0. The van der Waals surface area contributed by atoms with Gasteiger partial charge in [0.2, 0.25) is 5.91 Å². The lowest BCUT2D eigenvalue weighted by Gasteiger charge is -2.15. The first-order chi connectivity index (χ1) is 14.4. The number of carbonyl (C=O) groups is 2. The van der Waals surface area contributed by atoms with Gasteiger partial charge in [0.1, 0.15) is 0 Å². The Morgan fingerprint density at radius 2 is 1.47 bits per heavy atom. The average Bonchev–Trinajstić information content (AvgIpc) is 2.74. The highest BCUT2D eigenvalue weighted by Gasteiger charge is 2.13. The van der Waals surface area contributed by atoms with Crippen LogP contribution in [0.1, 0.15) is 32.6 Å². The molecular formula is C25H27N3O2. The molecule has 154 valence electrons. The molecule has 3 aromatic rings. The number of para-hydroxylation sites is 1. The van der Waals surface area contributed by atoms with E-state index in [2.05, 4.69) is 16.0 Å². The summed E-state index contributed by atoms with van der Waals surface area (Å²) in [7, 11) is 0. The summed E-state index contributed by atoms with van der Waals surface area (Å²) in [6.07, 6.45) is 0. The monoisotopic (exact) mass is 401 g/mol. The Kier molecular flexibility index (Phi) is 6.86. The molecule has 0 aromatic heterocycles. The van der Waals surface area contributed by atoms with Crippen molar-refractivity contribution in [3.63, 3.8) is 0 Å². The second-order valence-electron chi connectivity index (χ2n) is 7.39. The molecule has 0 saturated heterocycles. The molecule has 0 heterocycles. The van der Waals surface area contributed by atoms with Crippen molar-refractivity contribution >= 4 is 23.2 Å². The topological polar surface area (TPSA) is 70.2 Å². The van der Waals surface area contributed by atoms with Crippen LogP contribution < -0.4 is 16.0 Å². The third-order valence-corrected chi connectivity index (χ3v) is 4.85. The minimum absolute atomic E-state index is 0.0652. The minimum atomic E-state index is -0.187. The molecule has 0 bridgehead atoms. The smallest absolute Gasteiger partial charge is 0.253 e. The molecule has 0 atom stereocenters. The Labute approximate surface area is 177 Å². The summed E-state index contributed by atoms with van der Waals surface area (Å²) in [5, 5.41) is 8.98. The maximum absolute atomic E-state index is 12.6. The molecule has 0 aliphatic rings. The van der Waals surface area contributed by atoms with Crippen molar-refractivity contribution in [2.24, 2.45) is 0 Å². The molecule has 0 fully saturated rings. The Morgan fingerprint density at radius 3 is 2.17 bits per heavy atom. The standard InChI is InChI=1S/C25H27N3O2/c1-17-13-18(2)24(19(3)14-17)28-23(29)16-26-22-12-8-7-11-21(22)25(30)27-15-20-9-5-4-6-10-20/h4-14,26H,15-16H2,1-3H3,(H,27,30)(H,28,29). The van der Waals surface area contributed by atoms with Crippen molar-refractivity contribution in [2.45, 2.75) is 27.3 Å². The van der Waals surface area contributed by atoms with E-state index in [0.717, 1.165) is 27.9 Å². The van der Waals surface area contributed by atoms with E-state index in [0.29, 0.717) is 17.8 Å². The van der Waals surface area contributed by atoms with Crippen molar-refractivity contribution in [3.8, 4) is 0 Å². The molecule has 30 heavy (non-hydrogen) atoms. The van der Waals surface area contributed by atoms with Crippen LogP contribution in [0.25, 0.3) is 0 Å². The van der Waals surface area contributed by atoms with Crippen molar-refractivity contribution < 1.29 is 9.59 Å². The van der Waals surface area contributed by atoms with Crippen LogP contribution in [0.15, 0.2) is 66.7 Å². The molecule has 5 nitrogen and oxygen atoms in total. The van der Waals surface area contributed by atoms with Crippen molar-refractivity contribution in [2.75, 3.05) is 17.2 Å². The number of hydrogen-bond acceptors (Lipinski definition) is 3. The second-order valence-corrected chi connectivity index (χ2v) is 7.39. The molecule has 0 radical (unpaired) electrons. The van der Waals surface area contributed by atoms with E-state index in [1.54, 1.807) is 12.1 Å². The molecule has 5 heteroatoms. The predicted molar refractivity (Wildman–Crippen MR) is 122 cm³/mol. The fraction of sp³-hybridized carbons (Fsp3) is 0.200. The number of rotatable bonds is 7. The van der Waals surface area contributed by atoms with Crippen LogP contribution in [-0.4, -0.2) is 18.4 Å². The third kappa shape index (κ3) is 5.47. The van der Waals surface area contributed by atoms with Gasteiger partial charge in [0.15, 0.2) is 0 Å². The fourth-order valence-electron chi connectivity index (χ4n) is 3.45. The van der Waals surface area contributed by atoms with Gasteiger partial charge in [-0.05, 0) is 49.6 Å². The van der Waals surface area contributed by atoms with E-state index in [1.165, 1.54) is 0 Å². The van der Waals surface area contributed by atoms with Crippen LogP contribution in [0.3, 0.4) is 0 Å². The first kappa shape index (κ1) is 21.1. The molecule has 0 unspecified atom stereocenters. The maximum Gasteiger partial charge on any atom is 0.253 e. The molecule has 0 spiro atoms. The Bertz CT molecular complexity index is 1020. The van der Waals surface area contributed by atoms with Gasteiger partial charge in [-0.15, -0.1) is 0 Å². The molecular weight excluding hydrogens is 374 g/mol. The van der Waals surface area contributed by atoms with Crippen LogP contribution in [0.5, 0.6) is 0 Å². The SMILES string of the molecule is Cc1cc(C)c(NC(=O)CNc2ccccc2C(=O)NCc2ccccc2)c(C)c1. The fourth-order valence-corrected chi connectivity index (χ4v) is 3.45. The van der Waals surface area contributed by atoms with Gasteiger partial charge in [-0.1, -0.05) is 60.2 Å². The van der Waals surface area contributed by atoms with Crippen molar-refractivity contribution in [1.82, 2.24) is 5.32 Å². The molecule has 0 aliphatic heterocycles. The lowest BCUT2D eigenvalue weighted by Crippen LogP contribution is -2.26. The highest BCUT2D eigenvalue weighted by Crippen LogP contribution is 2.22. The quantitative estimate of drug-likeness (QED) is 0.542. The van der Waals surface area contributed by atoms with Gasteiger partial charge < -0.3 is 16.0 Å². The van der Waals surface area contributed by atoms with Crippen LogP contribution in [0, 0.1) is 20.8 Å². The second kappa shape index (κ2) is 9.74. The lowest BCUT2D eigenvalue weighted by molar-refractivity contribution is -0.114. The van der Waals surface area contributed by atoms with Crippen LogP contribution in [-0.2, 0) is 11.3 Å². The van der Waals surface area contributed by atoms with Gasteiger partial charge in [0.05, 0.1) is 12.1 Å². The van der Waals surface area contributed by atoms with Gasteiger partial charge in [0, 0.05) is 17.9 Å². The van der Waals surface area contributed by atoms with E-state index in [1.807, 2.05) is 75.4 Å². The summed E-state index contributed by atoms with van der Waals surface area (Å²) in [4.78, 5) is 25.1. The number of nitrogens with one attached hydrogen (secondary N) is 3. The van der Waals surface area contributed by atoms with E-state index in [4.69, 9.17) is 0 Å². The zero-order valence-corrected chi connectivity index (χ0v) is 17.6. The zero-order chi connectivity index (χ0) is 21.5. The number of carbonyl (C=O) groups excluding carboxylic acids is 2. The van der Waals surface area contributed by atoms with Crippen LogP contribution in [0.4, 0.5) is 11.4 Å². The normalized spacial score (nSPS) is 10.4. The zero-order valence-electron chi connectivity index (χ0n) is 17.6. The first-order valence-corrected chi connectivity index (χ1v) is 9.97. The summed E-state index contributed by atoms with van der Waals surface area (Å²) in [6, 6.07) is 21.0. The summed E-state index contributed by atoms with van der Waals surface area (Å²) in [5.41, 5.74) is 6.21. The van der Waals surface area contributed by atoms with Gasteiger partial charge in [-0.25, -0.2) is 0 Å². The van der Waals surface area contributed by atoms with Crippen LogP contribution >= 0.6 is 0 Å². The largest absolute Gasteiger partial charge is 0.376 e. The number of hydrogen-bond donors (Lipinski definition) is 3. The third-order valence-electron chi connectivity index (χ3n) is 4.85. The highest BCUT2D eigenvalue weighted by atomic mass is 16.2. The molecule has 0 saturated carbocycles. The van der Waals surface area contributed by atoms with Gasteiger partial charge >= 0.3 is 0 Å². The lowest BCUT2D eigenvalue weighted by atomic mass is 10.1. The molecule has 3 rings (SSSR count). The van der Waals surface area contributed by atoms with E-state index < -0.39 is 0 Å². The number of amides is 2. The van der Waals surface area contributed by atoms with Crippen molar-refractivity contribution in [1.29, 1.82) is 0 Å². The highest BCUT2D eigenvalue weighted by molar-refractivity contribution is 6.01. The van der Waals surface area contributed by atoms with Gasteiger partial charge in [-0.2, -0.15) is 0 Å². The van der Waals surface area contributed by atoms with E-state index >= 15 is 0 Å². The molecule has 2 amide bonds. The van der Waals surface area contributed by atoms with E-state index in [9.17, 15) is 9.59 Å². The predicted octanol–water partition coefficient (Wildman–Crippen LogP) is 4.59. The number of aryl methyl sites for hydroxylation is 3. The van der Waals surface area contributed by atoms with Crippen molar-refractivity contribution in [3.05, 3.63) is 94.5 Å². The Morgan fingerprint density at radius 1 is 0.833 bits per heavy atom. The van der Waals surface area contributed by atoms with Gasteiger partial charge in [0.25, 0.3) is 5.91 Å². The Hall–Kier alpha value is -3.60. The molecule has 3 aromatic carbocycles. The summed E-state index contributed by atoms with van der Waals surface area (Å²) >= 11 is 0. The summed E-state index contributed by atoms with van der Waals surface area (Å²) in [5.74, 6) is -0.350. The first-order valence-electron chi connectivity index (χ1n) is 9.97. The summed E-state index contributed by atoms with van der Waals surface area (Å²) in [6.45, 7) is 6.51. The number of benzene rings is 3. The Balaban J connectivity index is 1.62. The number of anilines is 2. The van der Waals surface area contributed by atoms with Gasteiger partial charge in [-0.3, -0.25) is 9.59 Å². The van der Waals surface area contributed by atoms with Crippen LogP contribution in [0.2, 0.25) is 0 Å². The maximum atomic E-state index is 12.6. The minimum Gasteiger partial charge on any atom is -0.376 e. The average molecular weight is 402 g/mol. The molecule has 0 aliphatic carbocycles. The van der Waals surface area contributed by atoms with E-state index in [-0.39, 0.29) is 18.4 Å². The molecule has 3 N–H and O–H groups in total.